The molecule has 1 aromatic carbocycles. The molecule has 0 aliphatic carbocycles. The Hall–Kier alpha value is -0.0900. The quantitative estimate of drug-likeness (QED) is 0.277. The van der Waals surface area contributed by atoms with Gasteiger partial charge in [-0.2, -0.15) is 0 Å². The van der Waals surface area contributed by atoms with Crippen LogP contribution in [0.2, 0.25) is 0 Å². The number of halogens is 1. The molecule has 0 atom stereocenters. The van der Waals surface area contributed by atoms with Crippen LogP contribution in [0.15, 0.2) is 41.1 Å². The molecule has 0 N–H and O–H groups in total. The van der Waals surface area contributed by atoms with Gasteiger partial charge in [-0.3, -0.25) is 4.79 Å². The van der Waals surface area contributed by atoms with Crippen molar-refractivity contribution in [2.75, 3.05) is 0 Å². The summed E-state index contributed by atoms with van der Waals surface area (Å²) in [4.78, 5) is 11.1. The molecule has 4 heteroatoms. The first kappa shape index (κ1) is 12.9. The Morgan fingerprint density at radius 2 is 2.15 bits per heavy atom. The molecule has 0 fully saturated rings. The zero-order valence-corrected chi connectivity index (χ0v) is 10.7. The predicted octanol–water partition coefficient (Wildman–Crippen LogP) is -1.49. The van der Waals surface area contributed by atoms with Gasteiger partial charge in [0, 0.05) is 10.0 Å². The third-order valence-corrected chi connectivity index (χ3v) is 1.82. The maximum atomic E-state index is 11.1. The van der Waals surface area contributed by atoms with Crippen molar-refractivity contribution in [3.8, 4) is 0 Å². The van der Waals surface area contributed by atoms with Gasteiger partial charge in [-0.1, -0.05) is 28.1 Å². The normalized spacial score (nSPS) is 9.62. The molecule has 0 unspecified atom stereocenters. The molecule has 0 spiro atoms. The SMILES string of the molecule is O=C(C=C[O-])c1cccc(Br)c1.[Na+]. The number of hydrogen-bond donors (Lipinski definition) is 0. The summed E-state index contributed by atoms with van der Waals surface area (Å²) >= 11 is 3.23. The van der Waals surface area contributed by atoms with Gasteiger partial charge in [0.2, 0.25) is 0 Å². The van der Waals surface area contributed by atoms with Crippen LogP contribution in [-0.2, 0) is 0 Å². The zero-order chi connectivity index (χ0) is 8.97. The number of carbonyl (C=O) groups is 1. The Bertz CT molecular complexity index is 323. The number of hydrogen-bond acceptors (Lipinski definition) is 2. The topological polar surface area (TPSA) is 40.1 Å². The Labute approximate surface area is 107 Å². The summed E-state index contributed by atoms with van der Waals surface area (Å²) in [5.41, 5.74) is 0.511. The van der Waals surface area contributed by atoms with E-state index in [2.05, 4.69) is 15.9 Å². The van der Waals surface area contributed by atoms with E-state index in [-0.39, 0.29) is 35.3 Å². The molecule has 0 saturated heterocycles. The molecule has 2 nitrogen and oxygen atoms in total. The number of carbonyl (C=O) groups excluding carboxylic acids is 1. The second kappa shape index (κ2) is 6.38. The van der Waals surface area contributed by atoms with Gasteiger partial charge in [-0.25, -0.2) is 0 Å². The molecule has 13 heavy (non-hydrogen) atoms. The molecule has 1 rings (SSSR count). The molecule has 0 amide bonds. The molecule has 0 bridgehead atoms. The minimum Gasteiger partial charge on any atom is -0.878 e. The minimum atomic E-state index is -0.272. The summed E-state index contributed by atoms with van der Waals surface area (Å²) in [6.07, 6.45) is 1.49. The van der Waals surface area contributed by atoms with Crippen LogP contribution in [-0.4, -0.2) is 5.78 Å². The molecule has 0 radical (unpaired) electrons. The minimum absolute atomic E-state index is 0. The monoisotopic (exact) mass is 248 g/mol. The summed E-state index contributed by atoms with van der Waals surface area (Å²) in [5.74, 6) is -0.272. The van der Waals surface area contributed by atoms with E-state index in [1.54, 1.807) is 18.2 Å². The van der Waals surface area contributed by atoms with Gasteiger partial charge in [0.05, 0.1) is 0 Å². The van der Waals surface area contributed by atoms with Gasteiger partial charge in [0.25, 0.3) is 0 Å². The first-order valence-corrected chi connectivity index (χ1v) is 4.12. The van der Waals surface area contributed by atoms with Crippen LogP contribution in [0.5, 0.6) is 0 Å². The van der Waals surface area contributed by atoms with Gasteiger partial charge >= 0.3 is 29.6 Å². The van der Waals surface area contributed by atoms with Crippen LogP contribution >= 0.6 is 15.9 Å². The van der Waals surface area contributed by atoms with Crippen LogP contribution in [0.25, 0.3) is 0 Å². The average molecular weight is 249 g/mol. The summed E-state index contributed by atoms with van der Waals surface area (Å²) in [7, 11) is 0. The van der Waals surface area contributed by atoms with Crippen LogP contribution in [0.3, 0.4) is 0 Å². The number of benzene rings is 1. The predicted molar refractivity (Wildman–Crippen MR) is 47.6 cm³/mol. The third kappa shape index (κ3) is 4.09. The van der Waals surface area contributed by atoms with E-state index < -0.39 is 0 Å². The molecule has 0 aliphatic heterocycles. The maximum absolute atomic E-state index is 11.1. The van der Waals surface area contributed by atoms with Crippen molar-refractivity contribution in [2.45, 2.75) is 0 Å². The number of ketones is 1. The van der Waals surface area contributed by atoms with Crippen molar-refractivity contribution in [3.63, 3.8) is 0 Å². The van der Waals surface area contributed by atoms with Gasteiger partial charge in [-0.15, -0.1) is 6.26 Å². The fourth-order valence-electron chi connectivity index (χ4n) is 0.800. The molecule has 0 saturated carbocycles. The maximum Gasteiger partial charge on any atom is 1.00 e. The van der Waals surface area contributed by atoms with Crippen molar-refractivity contribution in [1.82, 2.24) is 0 Å². The van der Waals surface area contributed by atoms with Gasteiger partial charge in [0.15, 0.2) is 5.78 Å². The van der Waals surface area contributed by atoms with E-state index in [9.17, 15) is 9.90 Å². The van der Waals surface area contributed by atoms with Gasteiger partial charge < -0.3 is 5.11 Å². The number of allylic oxidation sites excluding steroid dienone is 1. The molecule has 0 aromatic heterocycles. The molecular formula is C9H6BrNaO2. The fraction of sp³-hybridized carbons (Fsp3) is 0. The van der Waals surface area contributed by atoms with Crippen molar-refractivity contribution in [3.05, 3.63) is 46.6 Å². The van der Waals surface area contributed by atoms with Crippen molar-refractivity contribution < 1.29 is 39.5 Å². The first-order valence-electron chi connectivity index (χ1n) is 3.32. The van der Waals surface area contributed by atoms with Crippen LogP contribution in [0.4, 0.5) is 0 Å². The van der Waals surface area contributed by atoms with E-state index in [1.807, 2.05) is 6.07 Å². The average Bonchev–Trinajstić information content (AvgIpc) is 2.05. The Morgan fingerprint density at radius 3 is 2.69 bits per heavy atom. The Balaban J connectivity index is 0.00000144. The smallest absolute Gasteiger partial charge is 0.878 e. The van der Waals surface area contributed by atoms with E-state index in [1.165, 1.54) is 0 Å². The van der Waals surface area contributed by atoms with Crippen molar-refractivity contribution >= 4 is 21.7 Å². The van der Waals surface area contributed by atoms with Gasteiger partial charge in [0.1, 0.15) is 0 Å². The van der Waals surface area contributed by atoms with E-state index >= 15 is 0 Å². The second-order valence-electron chi connectivity index (χ2n) is 2.18. The third-order valence-electron chi connectivity index (χ3n) is 1.33. The van der Waals surface area contributed by atoms with E-state index in [4.69, 9.17) is 0 Å². The zero-order valence-electron chi connectivity index (χ0n) is 7.16. The summed E-state index contributed by atoms with van der Waals surface area (Å²) in [6.45, 7) is 0. The van der Waals surface area contributed by atoms with Crippen molar-refractivity contribution in [2.24, 2.45) is 0 Å². The standard InChI is InChI=1S/C9H7BrO2.Na/c10-8-3-1-2-7(6-8)9(12)4-5-11;/h1-6,11H;/q;+1/p-1. The van der Waals surface area contributed by atoms with Crippen LogP contribution < -0.4 is 34.7 Å². The van der Waals surface area contributed by atoms with Crippen molar-refractivity contribution in [1.29, 1.82) is 0 Å². The molecule has 0 heterocycles. The Morgan fingerprint density at radius 1 is 1.46 bits per heavy atom. The molecular weight excluding hydrogens is 243 g/mol. The summed E-state index contributed by atoms with van der Waals surface area (Å²) in [6, 6.07) is 6.89. The molecule has 1 aromatic rings. The molecule has 62 valence electrons. The van der Waals surface area contributed by atoms with E-state index in [0.717, 1.165) is 10.5 Å². The number of rotatable bonds is 2. The fourth-order valence-corrected chi connectivity index (χ4v) is 1.20. The first-order chi connectivity index (χ1) is 5.74. The largest absolute Gasteiger partial charge is 1.00 e. The van der Waals surface area contributed by atoms with Crippen LogP contribution in [0, 0.1) is 0 Å². The van der Waals surface area contributed by atoms with Gasteiger partial charge in [-0.05, 0) is 18.2 Å². The van der Waals surface area contributed by atoms with E-state index in [0.29, 0.717) is 11.8 Å². The Kier molecular flexibility index (Phi) is 6.33. The summed E-state index contributed by atoms with van der Waals surface area (Å²) < 4.78 is 0.827. The molecule has 0 aliphatic rings. The van der Waals surface area contributed by atoms with Crippen LogP contribution in [0.1, 0.15) is 10.4 Å². The second-order valence-corrected chi connectivity index (χ2v) is 3.09. The summed E-state index contributed by atoms with van der Waals surface area (Å²) in [5, 5.41) is 9.99.